The highest BCUT2D eigenvalue weighted by atomic mass is 32.2. The molecule has 0 aromatic heterocycles. The Hall–Kier alpha value is -1.93. The molecule has 1 aromatic carbocycles. The fraction of sp³-hybridized carbons (Fsp3) is 0.333. The van der Waals surface area contributed by atoms with Gasteiger partial charge in [-0.3, -0.25) is 4.18 Å². The van der Waals surface area contributed by atoms with E-state index >= 15 is 0 Å². The number of hydrogen-bond acceptors (Lipinski definition) is 6. The molecule has 0 aliphatic carbocycles. The van der Waals surface area contributed by atoms with Gasteiger partial charge >= 0.3 is 11.9 Å². The van der Waals surface area contributed by atoms with Crippen LogP contribution in [0.25, 0.3) is 0 Å². The first kappa shape index (κ1) is 16.1. The molecule has 0 saturated carbocycles. The van der Waals surface area contributed by atoms with Gasteiger partial charge in [0, 0.05) is 0 Å². The van der Waals surface area contributed by atoms with Crippen molar-refractivity contribution in [1.29, 1.82) is 0 Å². The van der Waals surface area contributed by atoms with Crippen LogP contribution < -0.4 is 0 Å². The van der Waals surface area contributed by atoms with Gasteiger partial charge < -0.3 is 9.84 Å². The zero-order valence-electron chi connectivity index (χ0n) is 11.0. The summed E-state index contributed by atoms with van der Waals surface area (Å²) in [7, 11) is -4.25. The van der Waals surface area contributed by atoms with Crippen molar-refractivity contribution >= 4 is 22.1 Å². The number of rotatable bonds is 6. The second-order valence-electron chi connectivity index (χ2n) is 3.60. The first-order chi connectivity index (χ1) is 9.33. The predicted molar refractivity (Wildman–Crippen MR) is 68.2 cm³/mol. The summed E-state index contributed by atoms with van der Waals surface area (Å²) in [6.45, 7) is 3.02. The summed E-state index contributed by atoms with van der Waals surface area (Å²) in [5.41, 5.74) is -0.526. The minimum Gasteiger partial charge on any atom is -0.478 e. The van der Waals surface area contributed by atoms with Gasteiger partial charge in [0.25, 0.3) is 10.1 Å². The van der Waals surface area contributed by atoms with E-state index in [-0.39, 0.29) is 18.8 Å². The number of carbonyl (C=O) groups is 2. The minimum atomic E-state index is -4.25. The van der Waals surface area contributed by atoms with Gasteiger partial charge in [0.15, 0.2) is 0 Å². The topological polar surface area (TPSA) is 107 Å². The zero-order valence-corrected chi connectivity index (χ0v) is 11.8. The molecule has 20 heavy (non-hydrogen) atoms. The Balaban J connectivity index is 3.41. The van der Waals surface area contributed by atoms with E-state index in [1.165, 1.54) is 13.0 Å². The van der Waals surface area contributed by atoms with E-state index in [1.54, 1.807) is 6.92 Å². The molecule has 0 unspecified atom stereocenters. The number of esters is 1. The number of hydrogen-bond donors (Lipinski definition) is 1. The van der Waals surface area contributed by atoms with Crippen molar-refractivity contribution in [1.82, 2.24) is 0 Å². The van der Waals surface area contributed by atoms with E-state index in [9.17, 15) is 18.0 Å². The molecule has 110 valence electrons. The smallest absolute Gasteiger partial charge is 0.338 e. The van der Waals surface area contributed by atoms with Gasteiger partial charge in [-0.05, 0) is 32.0 Å². The Morgan fingerprint density at radius 3 is 2.35 bits per heavy atom. The highest BCUT2D eigenvalue weighted by Crippen LogP contribution is 2.21. The van der Waals surface area contributed by atoms with Crippen LogP contribution in [-0.2, 0) is 19.0 Å². The molecule has 0 fully saturated rings. The average molecular weight is 302 g/mol. The molecule has 0 heterocycles. The number of carboxylic acid groups (broad SMARTS) is 1. The summed E-state index contributed by atoms with van der Waals surface area (Å²) in [5.74, 6) is -2.17. The van der Waals surface area contributed by atoms with Crippen molar-refractivity contribution in [3.05, 3.63) is 29.3 Å². The molecule has 1 aromatic rings. The second-order valence-corrected chi connectivity index (χ2v) is 5.18. The van der Waals surface area contributed by atoms with Crippen molar-refractivity contribution in [2.24, 2.45) is 0 Å². The molecule has 0 bridgehead atoms. The van der Waals surface area contributed by atoms with E-state index < -0.39 is 32.5 Å². The van der Waals surface area contributed by atoms with Crippen LogP contribution in [0.3, 0.4) is 0 Å². The van der Waals surface area contributed by atoms with Crippen LogP contribution in [0.1, 0.15) is 34.6 Å². The van der Waals surface area contributed by atoms with Crippen LogP contribution in [0, 0.1) is 0 Å². The quantitative estimate of drug-likeness (QED) is 0.623. The summed E-state index contributed by atoms with van der Waals surface area (Å²) in [4.78, 5) is 22.0. The monoisotopic (exact) mass is 302 g/mol. The Morgan fingerprint density at radius 1 is 1.20 bits per heavy atom. The molecule has 7 nitrogen and oxygen atoms in total. The van der Waals surface area contributed by atoms with Gasteiger partial charge in [-0.25, -0.2) is 9.59 Å². The van der Waals surface area contributed by atoms with Crippen LogP contribution in [0.2, 0.25) is 0 Å². The van der Waals surface area contributed by atoms with Crippen LogP contribution in [0.4, 0.5) is 0 Å². The number of aromatic carboxylic acids is 1. The third-order valence-electron chi connectivity index (χ3n) is 2.27. The molecular weight excluding hydrogens is 288 g/mol. The minimum absolute atomic E-state index is 0.0601. The Bertz CT molecular complexity index is 619. The number of benzene rings is 1. The van der Waals surface area contributed by atoms with E-state index in [1.807, 2.05) is 0 Å². The molecule has 0 aliphatic rings. The molecule has 0 amide bonds. The van der Waals surface area contributed by atoms with Gasteiger partial charge in [-0.1, -0.05) is 0 Å². The van der Waals surface area contributed by atoms with Gasteiger partial charge in [-0.15, -0.1) is 0 Å². The Kier molecular flexibility index (Phi) is 5.23. The van der Waals surface area contributed by atoms with Gasteiger partial charge in [0.05, 0.1) is 24.3 Å². The van der Waals surface area contributed by atoms with Gasteiger partial charge in [0.2, 0.25) is 0 Å². The third-order valence-corrected chi connectivity index (χ3v) is 3.69. The lowest BCUT2D eigenvalue weighted by molar-refractivity contribution is 0.0524. The lowest BCUT2D eigenvalue weighted by atomic mass is 10.1. The first-order valence-electron chi connectivity index (χ1n) is 5.77. The Morgan fingerprint density at radius 2 is 1.85 bits per heavy atom. The first-order valence-corrected chi connectivity index (χ1v) is 7.18. The maximum atomic E-state index is 11.9. The highest BCUT2D eigenvalue weighted by molar-refractivity contribution is 7.86. The number of ether oxygens (including phenoxy) is 1. The van der Waals surface area contributed by atoms with Crippen LogP contribution in [0.15, 0.2) is 23.1 Å². The summed E-state index contributed by atoms with van der Waals surface area (Å²) in [6, 6.07) is 3.15. The zero-order chi connectivity index (χ0) is 15.3. The standard InChI is InChI=1S/C12H14O7S/c1-3-18-12(15)8-5-6-9(11(13)14)10(7-8)20(16,17)19-4-2/h5-7H,3-4H2,1-2H3,(H,13,14). The van der Waals surface area contributed by atoms with E-state index in [0.29, 0.717) is 0 Å². The molecule has 0 atom stereocenters. The molecule has 1 rings (SSSR count). The normalized spacial score (nSPS) is 11.1. The molecule has 0 saturated heterocycles. The summed E-state index contributed by atoms with van der Waals surface area (Å²) in [5, 5.41) is 8.99. The van der Waals surface area contributed by atoms with Crippen molar-refractivity contribution in [2.75, 3.05) is 13.2 Å². The molecule has 0 radical (unpaired) electrons. The van der Waals surface area contributed by atoms with Crippen molar-refractivity contribution in [3.8, 4) is 0 Å². The van der Waals surface area contributed by atoms with Gasteiger partial charge in [0.1, 0.15) is 4.90 Å². The predicted octanol–water partition coefficient (Wildman–Crippen LogP) is 1.29. The molecule has 1 N–H and O–H groups in total. The van der Waals surface area contributed by atoms with Gasteiger partial charge in [-0.2, -0.15) is 8.42 Å². The molecule has 0 spiro atoms. The van der Waals surface area contributed by atoms with E-state index in [4.69, 9.17) is 9.84 Å². The molecule has 8 heteroatoms. The lowest BCUT2D eigenvalue weighted by Gasteiger charge is -2.09. The molecule has 0 aliphatic heterocycles. The Labute approximate surface area is 116 Å². The fourth-order valence-electron chi connectivity index (χ4n) is 1.47. The lowest BCUT2D eigenvalue weighted by Crippen LogP contribution is -2.14. The van der Waals surface area contributed by atoms with Crippen LogP contribution in [0.5, 0.6) is 0 Å². The summed E-state index contributed by atoms with van der Waals surface area (Å²) < 4.78 is 33.0. The second kappa shape index (κ2) is 6.49. The summed E-state index contributed by atoms with van der Waals surface area (Å²) >= 11 is 0. The van der Waals surface area contributed by atoms with Crippen LogP contribution in [-0.4, -0.2) is 38.7 Å². The maximum absolute atomic E-state index is 11.9. The van der Waals surface area contributed by atoms with Crippen molar-refractivity contribution in [2.45, 2.75) is 18.7 Å². The average Bonchev–Trinajstić information content (AvgIpc) is 2.38. The van der Waals surface area contributed by atoms with Crippen molar-refractivity contribution < 1.29 is 32.0 Å². The molecular formula is C12H14O7S. The van der Waals surface area contributed by atoms with Crippen molar-refractivity contribution in [3.63, 3.8) is 0 Å². The maximum Gasteiger partial charge on any atom is 0.338 e. The van der Waals surface area contributed by atoms with Crippen LogP contribution >= 0.6 is 0 Å². The largest absolute Gasteiger partial charge is 0.478 e. The van der Waals surface area contributed by atoms with E-state index in [0.717, 1.165) is 12.1 Å². The number of carboxylic acids is 1. The van der Waals surface area contributed by atoms with E-state index in [2.05, 4.69) is 4.18 Å². The summed E-state index contributed by atoms with van der Waals surface area (Å²) in [6.07, 6.45) is 0. The fourth-order valence-corrected chi connectivity index (χ4v) is 2.60. The third kappa shape index (κ3) is 3.55. The SMILES string of the molecule is CCOC(=O)c1ccc(C(=O)O)c(S(=O)(=O)OCC)c1. The number of carbonyl (C=O) groups excluding carboxylic acids is 1. The highest BCUT2D eigenvalue weighted by Gasteiger charge is 2.25.